The van der Waals surface area contributed by atoms with Crippen molar-refractivity contribution in [1.29, 1.82) is 0 Å². The molecule has 7 heteroatoms. The van der Waals surface area contributed by atoms with Gasteiger partial charge in [0.1, 0.15) is 12.4 Å². The molecule has 7 nitrogen and oxygen atoms in total. The minimum absolute atomic E-state index is 0.00530. The molecule has 1 fully saturated rings. The predicted octanol–water partition coefficient (Wildman–Crippen LogP) is 1.07. The maximum atomic E-state index is 12.3. The van der Waals surface area contributed by atoms with Crippen molar-refractivity contribution in [2.24, 2.45) is 7.05 Å². The molecule has 0 unspecified atom stereocenters. The molecular weight excluding hydrogens is 306 g/mol. The smallest absolute Gasteiger partial charge is 0.234 e. The lowest BCUT2D eigenvalue weighted by Crippen LogP contribution is -2.45. The normalized spacial score (nSPS) is 19.8. The van der Waals surface area contributed by atoms with E-state index in [9.17, 15) is 4.79 Å². The number of hydrogen-bond donors (Lipinski definition) is 1. The third kappa shape index (κ3) is 3.98. The van der Waals surface area contributed by atoms with Crippen LogP contribution in [0.3, 0.4) is 0 Å². The minimum Gasteiger partial charge on any atom is -0.368 e. The molecule has 1 aliphatic rings. The van der Waals surface area contributed by atoms with E-state index >= 15 is 0 Å². The van der Waals surface area contributed by atoms with E-state index in [2.05, 4.69) is 20.4 Å². The highest BCUT2D eigenvalue weighted by Gasteiger charge is 2.26. The number of hydrogen-bond acceptors (Lipinski definition) is 5. The number of aryl methyl sites for hydroxylation is 1. The SMILES string of the molecule is C[C@H](NC(=O)CN1CCO[C@H](c2nncn2C)C1)c1ccccc1. The third-order valence-corrected chi connectivity index (χ3v) is 4.23. The first-order valence-corrected chi connectivity index (χ1v) is 8.15. The summed E-state index contributed by atoms with van der Waals surface area (Å²) in [6.07, 6.45) is 1.51. The monoisotopic (exact) mass is 329 g/mol. The molecule has 3 rings (SSSR count). The summed E-state index contributed by atoms with van der Waals surface area (Å²) in [4.78, 5) is 14.4. The fourth-order valence-corrected chi connectivity index (χ4v) is 2.90. The molecule has 2 aromatic rings. The van der Waals surface area contributed by atoms with E-state index in [4.69, 9.17) is 4.74 Å². The first kappa shape index (κ1) is 16.6. The lowest BCUT2D eigenvalue weighted by molar-refractivity contribution is -0.125. The van der Waals surface area contributed by atoms with Gasteiger partial charge in [-0.2, -0.15) is 0 Å². The second kappa shape index (κ2) is 7.55. The van der Waals surface area contributed by atoms with Gasteiger partial charge in [0.15, 0.2) is 5.82 Å². The number of carbonyl (C=O) groups excluding carboxylic acids is 1. The first-order valence-electron chi connectivity index (χ1n) is 8.15. The molecule has 1 aliphatic heterocycles. The zero-order valence-electron chi connectivity index (χ0n) is 14.1. The van der Waals surface area contributed by atoms with Crippen LogP contribution in [0.1, 0.15) is 30.5 Å². The predicted molar refractivity (Wildman–Crippen MR) is 89.1 cm³/mol. The van der Waals surface area contributed by atoms with Gasteiger partial charge < -0.3 is 14.6 Å². The van der Waals surface area contributed by atoms with Gasteiger partial charge in [0.05, 0.1) is 19.2 Å². The highest BCUT2D eigenvalue weighted by atomic mass is 16.5. The molecule has 1 amide bonds. The van der Waals surface area contributed by atoms with Crippen LogP contribution in [0.25, 0.3) is 0 Å². The van der Waals surface area contributed by atoms with Crippen LogP contribution in [0.15, 0.2) is 36.7 Å². The van der Waals surface area contributed by atoms with Crippen molar-refractivity contribution in [2.75, 3.05) is 26.2 Å². The van der Waals surface area contributed by atoms with Gasteiger partial charge in [0, 0.05) is 20.1 Å². The Morgan fingerprint density at radius 2 is 2.21 bits per heavy atom. The summed E-state index contributed by atoms with van der Waals surface area (Å²) in [6, 6.07) is 9.96. The number of nitrogens with one attached hydrogen (secondary N) is 1. The molecule has 0 spiro atoms. The van der Waals surface area contributed by atoms with Gasteiger partial charge in [-0.05, 0) is 12.5 Å². The maximum Gasteiger partial charge on any atom is 0.234 e. The standard InChI is InChI=1S/C17H23N5O2/c1-13(14-6-4-3-5-7-14)19-16(23)11-22-8-9-24-15(10-22)17-20-18-12-21(17)2/h3-7,12-13,15H,8-11H2,1-2H3,(H,19,23)/t13-,15-/m0/s1. The zero-order chi connectivity index (χ0) is 16.9. The average Bonchev–Trinajstić information content (AvgIpc) is 3.02. The Morgan fingerprint density at radius 1 is 1.42 bits per heavy atom. The van der Waals surface area contributed by atoms with E-state index in [0.29, 0.717) is 19.7 Å². The van der Waals surface area contributed by atoms with E-state index in [1.807, 2.05) is 48.9 Å². The second-order valence-corrected chi connectivity index (χ2v) is 6.09. The summed E-state index contributed by atoms with van der Waals surface area (Å²) in [5.41, 5.74) is 1.10. The molecule has 0 saturated carbocycles. The number of ether oxygens (including phenoxy) is 1. The third-order valence-electron chi connectivity index (χ3n) is 4.23. The minimum atomic E-state index is -0.148. The van der Waals surface area contributed by atoms with E-state index in [0.717, 1.165) is 17.9 Å². The summed E-state index contributed by atoms with van der Waals surface area (Å²) in [5.74, 6) is 0.808. The molecule has 1 aromatic carbocycles. The van der Waals surface area contributed by atoms with E-state index in [-0.39, 0.29) is 18.1 Å². The van der Waals surface area contributed by atoms with Gasteiger partial charge in [-0.15, -0.1) is 10.2 Å². The highest BCUT2D eigenvalue weighted by Crippen LogP contribution is 2.19. The maximum absolute atomic E-state index is 12.3. The quantitative estimate of drug-likeness (QED) is 0.888. The number of amides is 1. The Labute approximate surface area is 141 Å². The molecule has 1 aromatic heterocycles. The molecule has 1 N–H and O–H groups in total. The summed E-state index contributed by atoms with van der Waals surface area (Å²) in [7, 11) is 1.89. The van der Waals surface area contributed by atoms with Gasteiger partial charge in [-0.3, -0.25) is 9.69 Å². The van der Waals surface area contributed by atoms with E-state index in [1.165, 1.54) is 0 Å². The van der Waals surface area contributed by atoms with Crippen LogP contribution < -0.4 is 5.32 Å². The Morgan fingerprint density at radius 3 is 2.92 bits per heavy atom. The summed E-state index contributed by atoms with van der Waals surface area (Å²) in [6.45, 7) is 4.31. The molecule has 2 atom stereocenters. The molecule has 128 valence electrons. The van der Waals surface area contributed by atoms with Gasteiger partial charge in [0.25, 0.3) is 0 Å². The van der Waals surface area contributed by atoms with Crippen molar-refractivity contribution in [3.63, 3.8) is 0 Å². The Hall–Kier alpha value is -2.25. The fraction of sp³-hybridized carbons (Fsp3) is 0.471. The van der Waals surface area contributed by atoms with Crippen LogP contribution in [-0.2, 0) is 16.6 Å². The molecular formula is C17H23N5O2. The molecule has 0 radical (unpaired) electrons. The number of aromatic nitrogens is 3. The Bertz CT molecular complexity index is 673. The number of morpholine rings is 1. The van der Waals surface area contributed by atoms with Crippen LogP contribution >= 0.6 is 0 Å². The Kier molecular flexibility index (Phi) is 5.22. The van der Waals surface area contributed by atoms with Crippen molar-refractivity contribution in [3.8, 4) is 0 Å². The molecule has 0 aliphatic carbocycles. The van der Waals surface area contributed by atoms with Crippen molar-refractivity contribution < 1.29 is 9.53 Å². The van der Waals surface area contributed by atoms with Crippen LogP contribution in [0.5, 0.6) is 0 Å². The second-order valence-electron chi connectivity index (χ2n) is 6.09. The topological polar surface area (TPSA) is 72.3 Å². The van der Waals surface area contributed by atoms with Gasteiger partial charge in [0.2, 0.25) is 5.91 Å². The van der Waals surface area contributed by atoms with Gasteiger partial charge in [-0.1, -0.05) is 30.3 Å². The first-order chi connectivity index (χ1) is 11.6. The Balaban J connectivity index is 1.53. The van der Waals surface area contributed by atoms with Crippen molar-refractivity contribution >= 4 is 5.91 Å². The number of nitrogens with zero attached hydrogens (tertiary/aromatic N) is 4. The lowest BCUT2D eigenvalue weighted by atomic mass is 10.1. The van der Waals surface area contributed by atoms with Crippen LogP contribution in [0.4, 0.5) is 0 Å². The largest absolute Gasteiger partial charge is 0.368 e. The highest BCUT2D eigenvalue weighted by molar-refractivity contribution is 5.78. The van der Waals surface area contributed by atoms with E-state index < -0.39 is 0 Å². The summed E-state index contributed by atoms with van der Waals surface area (Å²) in [5, 5.41) is 11.0. The fourth-order valence-electron chi connectivity index (χ4n) is 2.90. The summed E-state index contributed by atoms with van der Waals surface area (Å²) >= 11 is 0. The van der Waals surface area contributed by atoms with Crippen molar-refractivity contribution in [2.45, 2.75) is 19.1 Å². The average molecular weight is 329 g/mol. The number of benzene rings is 1. The number of carbonyl (C=O) groups is 1. The van der Waals surface area contributed by atoms with Gasteiger partial charge in [-0.25, -0.2) is 0 Å². The molecule has 1 saturated heterocycles. The van der Waals surface area contributed by atoms with Gasteiger partial charge >= 0.3 is 0 Å². The molecule has 24 heavy (non-hydrogen) atoms. The van der Waals surface area contributed by atoms with Crippen LogP contribution in [-0.4, -0.2) is 51.8 Å². The molecule has 2 heterocycles. The van der Waals surface area contributed by atoms with Crippen LogP contribution in [0.2, 0.25) is 0 Å². The zero-order valence-corrected chi connectivity index (χ0v) is 14.1. The number of rotatable bonds is 5. The summed E-state index contributed by atoms with van der Waals surface area (Å²) < 4.78 is 7.62. The van der Waals surface area contributed by atoms with E-state index in [1.54, 1.807) is 6.33 Å². The van der Waals surface area contributed by atoms with Crippen LogP contribution in [0, 0.1) is 0 Å². The lowest BCUT2D eigenvalue weighted by Gasteiger charge is -2.32. The molecule has 0 bridgehead atoms. The van der Waals surface area contributed by atoms with Crippen molar-refractivity contribution in [3.05, 3.63) is 48.0 Å². The van der Waals surface area contributed by atoms with Crippen molar-refractivity contribution in [1.82, 2.24) is 25.0 Å².